The van der Waals surface area contributed by atoms with E-state index in [0.29, 0.717) is 0 Å². The van der Waals surface area contributed by atoms with Gasteiger partial charge in [-0.2, -0.15) is 0 Å². The second kappa shape index (κ2) is 30.2. The Labute approximate surface area is 584 Å². The molecule has 0 spiro atoms. The SMILES string of the molecule is CN[C@H](CC(C)C)C(=O)NC1C(=O)N[C@@H](CC(N)=O)C(=O)N[C@H]2C(=O)N[C@H]3C(=O)N[C@H](C(=O)N[C@H](C(=O)O)c4cc(O)cc(O)c4-c4cc3ccc4O)[C@H](O)c3ccc(c(Cl)c3)Oc3cc2cc(c3O[C@H]2O[C@H](CO)[C@@H](O)[C@H](O)[C@@H]2O[C@H]2C[C@](C)(N)[C@H](O)[C@H](C)O2)Oc2ccc(cc2Cl)[C@H]1O. The summed E-state index contributed by atoms with van der Waals surface area (Å²) in [5.74, 6) is -16.0. The number of benzene rings is 5. The molecule has 11 bridgehead atoms. The fourth-order valence-corrected chi connectivity index (χ4v) is 12.9. The Kier molecular flexibility index (Phi) is 22.2. The number of carboxylic acids is 1. The molecule has 2 saturated heterocycles. The van der Waals surface area contributed by atoms with Crippen molar-refractivity contribution in [2.24, 2.45) is 17.4 Å². The summed E-state index contributed by atoms with van der Waals surface area (Å²) < 4.78 is 38.3. The van der Waals surface area contributed by atoms with Gasteiger partial charge in [0, 0.05) is 34.7 Å². The summed E-state index contributed by atoms with van der Waals surface area (Å²) in [4.78, 5) is 117. The van der Waals surface area contributed by atoms with Crippen LogP contribution in [0.25, 0.3) is 11.1 Å². The fraction of sp³-hybridized carbons (Fsp3) is 0.424. The van der Waals surface area contributed by atoms with E-state index in [1.807, 2.05) is 13.8 Å². The van der Waals surface area contributed by atoms with Crippen molar-refractivity contribution in [3.05, 3.63) is 117 Å². The highest BCUT2D eigenvalue weighted by Crippen LogP contribution is 2.50. The van der Waals surface area contributed by atoms with Gasteiger partial charge in [-0.3, -0.25) is 33.6 Å². The molecule has 21 N–H and O–H groups in total. The van der Waals surface area contributed by atoms with Crippen LogP contribution in [0, 0.1) is 5.92 Å². The average molecular weight is 1450 g/mol. The van der Waals surface area contributed by atoms with Crippen LogP contribution in [0.2, 0.25) is 10.0 Å². The van der Waals surface area contributed by atoms with Crippen molar-refractivity contribution in [3.8, 4) is 57.1 Å². The zero-order chi connectivity index (χ0) is 73.5. The first-order valence-corrected chi connectivity index (χ1v) is 32.4. The van der Waals surface area contributed by atoms with Gasteiger partial charge in [0.2, 0.25) is 53.4 Å². The number of fused-ring (bicyclic) bond motifs is 15. The van der Waals surface area contributed by atoms with E-state index < -0.39 is 237 Å². The number of phenols is 3. The molecule has 7 aliphatic rings. The van der Waals surface area contributed by atoms with Gasteiger partial charge in [-0.15, -0.1) is 0 Å². The predicted molar refractivity (Wildman–Crippen MR) is 349 cm³/mol. The monoisotopic (exact) mass is 1450 g/mol. The van der Waals surface area contributed by atoms with E-state index in [0.717, 1.165) is 66.7 Å². The quantitative estimate of drug-likeness (QED) is 0.0743. The minimum atomic E-state index is -2.35. The number of aliphatic hydroxyl groups is 6. The van der Waals surface area contributed by atoms with Crippen molar-refractivity contribution in [1.82, 2.24) is 37.2 Å². The Morgan fingerprint density at radius 3 is 1.90 bits per heavy atom. The largest absolute Gasteiger partial charge is 0.508 e. The van der Waals surface area contributed by atoms with Gasteiger partial charge in [0.05, 0.1) is 41.3 Å². The van der Waals surface area contributed by atoms with Crippen LogP contribution in [0.4, 0.5) is 0 Å². The molecule has 101 heavy (non-hydrogen) atoms. The van der Waals surface area contributed by atoms with Crippen molar-refractivity contribution in [2.45, 2.75) is 156 Å². The van der Waals surface area contributed by atoms with Crippen molar-refractivity contribution in [3.63, 3.8) is 0 Å². The van der Waals surface area contributed by atoms with E-state index in [4.69, 9.17) is 63.1 Å². The van der Waals surface area contributed by atoms with Crippen LogP contribution in [0.15, 0.2) is 78.9 Å². The zero-order valence-electron chi connectivity index (χ0n) is 54.3. The molecule has 35 heteroatoms. The highest BCUT2D eigenvalue weighted by atomic mass is 35.5. The number of carbonyl (C=O) groups is 8. The Hall–Kier alpha value is -9.20. The summed E-state index contributed by atoms with van der Waals surface area (Å²) in [7, 11) is 1.47. The van der Waals surface area contributed by atoms with Crippen molar-refractivity contribution in [1.29, 1.82) is 0 Å². The van der Waals surface area contributed by atoms with E-state index in [9.17, 15) is 75.0 Å². The molecule has 542 valence electrons. The standard InChI is InChI=1S/C66H75Cl2N9O24/c1-23(2)12-34(71-5)58(88)76-49-51(83)26-7-10-38(32(67)14-26)97-40-16-28-17-41(55(40)101-65-56(54(86)53(85)42(22-78)99-65)100-44-21-66(4,70)57(87)24(3)96-44)98-39-11-8-27(15-33(39)68)52(84)50-63(93)75-48(64(94)95)31-18-29(79)19-37(81)45(31)30-13-25(6-9-36(30)80)46(60(90)77-50)74-61(91)47(28)73-59(89)35(20-43(69)82)72-62(49)92/h6-11,13-19,23-24,34-35,42,44,46-54,56-57,65,71,78-81,83-87H,12,20-22,70H2,1-5H3,(H2,69,82)(H,72,92)(H,73,89)(H,74,91)(H,75,93)(H,76,88)(H,77,90)(H,94,95)/t24-,34+,35-,42+,44-,46+,47+,48-,49?,50-,51+,52+,53+,54-,56-,57+,65+,66-/m0/s1. The average Bonchev–Trinajstić information content (AvgIpc) is 0.775. The maximum Gasteiger partial charge on any atom is 0.330 e. The van der Waals surface area contributed by atoms with Crippen molar-refractivity contribution in [2.75, 3.05) is 13.7 Å². The van der Waals surface area contributed by atoms with Gasteiger partial charge in [-0.1, -0.05) is 55.2 Å². The first-order chi connectivity index (χ1) is 47.7. The summed E-state index contributed by atoms with van der Waals surface area (Å²) in [6, 6.07) is -0.679. The number of amides is 7. The van der Waals surface area contributed by atoms with Crippen LogP contribution < -0.4 is 62.9 Å². The number of rotatable bonds is 13. The van der Waals surface area contributed by atoms with Crippen molar-refractivity contribution < 1.29 is 118 Å². The van der Waals surface area contributed by atoms with E-state index in [1.54, 1.807) is 0 Å². The highest BCUT2D eigenvalue weighted by molar-refractivity contribution is 6.32. The number of hydrogen-bond acceptors (Lipinski definition) is 25. The summed E-state index contributed by atoms with van der Waals surface area (Å²) >= 11 is 14.1. The molecule has 1 unspecified atom stereocenters. The summed E-state index contributed by atoms with van der Waals surface area (Å²) in [5.41, 5.74) is 8.00. The molecule has 2 fully saturated rings. The van der Waals surface area contributed by atoms with Crippen LogP contribution in [0.1, 0.15) is 105 Å². The smallest absolute Gasteiger partial charge is 0.330 e. The van der Waals surface area contributed by atoms with Gasteiger partial charge >= 0.3 is 5.97 Å². The van der Waals surface area contributed by atoms with Gasteiger partial charge in [-0.05, 0) is 110 Å². The molecule has 0 saturated carbocycles. The number of halogens is 2. The third-order valence-electron chi connectivity index (χ3n) is 17.8. The van der Waals surface area contributed by atoms with Crippen LogP contribution in [0.3, 0.4) is 0 Å². The topological polar surface area (TPSA) is 530 Å². The van der Waals surface area contributed by atoms with E-state index in [1.165, 1.54) is 33.0 Å². The van der Waals surface area contributed by atoms with Crippen LogP contribution in [-0.2, 0) is 52.6 Å². The first-order valence-electron chi connectivity index (χ1n) is 31.6. The second-order valence-electron chi connectivity index (χ2n) is 25.7. The Bertz CT molecular complexity index is 4070. The van der Waals surface area contributed by atoms with Gasteiger partial charge in [0.15, 0.2) is 29.9 Å². The number of nitrogens with two attached hydrogens (primary N) is 2. The van der Waals surface area contributed by atoms with Crippen LogP contribution in [-0.4, -0.2) is 191 Å². The number of hydrogen-bond donors (Lipinski definition) is 19. The van der Waals surface area contributed by atoms with E-state index in [2.05, 4.69) is 37.2 Å². The maximum absolute atomic E-state index is 16.0. The maximum atomic E-state index is 16.0. The number of carbonyl (C=O) groups excluding carboxylic acids is 7. The molecule has 18 atom stereocenters. The molecule has 5 aromatic rings. The third kappa shape index (κ3) is 15.8. The molecular formula is C66H75Cl2N9O24. The third-order valence-corrected chi connectivity index (χ3v) is 18.4. The summed E-state index contributed by atoms with van der Waals surface area (Å²) in [5, 5.41) is 131. The molecule has 5 aromatic carbocycles. The Morgan fingerprint density at radius 2 is 1.32 bits per heavy atom. The van der Waals surface area contributed by atoms with Gasteiger partial charge in [0.25, 0.3) is 0 Å². The zero-order valence-corrected chi connectivity index (χ0v) is 55.8. The molecular weight excluding hydrogens is 1370 g/mol. The molecule has 0 aromatic heterocycles. The summed E-state index contributed by atoms with van der Waals surface area (Å²) in [6.45, 7) is 5.66. The van der Waals surface area contributed by atoms with Crippen LogP contribution in [0.5, 0.6) is 46.0 Å². The lowest BCUT2D eigenvalue weighted by molar-refractivity contribution is -0.333. The number of aliphatic hydroxyl groups excluding tert-OH is 6. The normalized spacial score (nSPS) is 29.4. The van der Waals surface area contributed by atoms with E-state index in [-0.39, 0.29) is 46.2 Å². The second-order valence-corrected chi connectivity index (χ2v) is 26.5. The minimum Gasteiger partial charge on any atom is -0.508 e. The Balaban J connectivity index is 1.24. The first kappa shape index (κ1) is 74.5. The molecule has 12 rings (SSSR count). The Morgan fingerprint density at radius 1 is 0.713 bits per heavy atom. The number of likely N-dealkylation sites (N-methyl/N-ethyl adjacent to an activating group) is 1. The van der Waals surface area contributed by atoms with Crippen molar-refractivity contribution >= 4 is 70.5 Å². The minimum absolute atomic E-state index is 0.0975. The van der Waals surface area contributed by atoms with E-state index >= 15 is 14.4 Å². The number of phenolic OH excluding ortho intramolecular Hbond substituents is 3. The van der Waals surface area contributed by atoms with Gasteiger partial charge in [-0.25, -0.2) is 4.79 Å². The number of nitrogens with one attached hydrogen (secondary N) is 7. The molecule has 7 heterocycles. The highest BCUT2D eigenvalue weighted by Gasteiger charge is 2.51. The lowest BCUT2D eigenvalue weighted by atomic mass is 9.86. The number of ether oxygens (including phenoxy) is 6. The van der Waals surface area contributed by atoms with Gasteiger partial charge < -0.3 is 128 Å². The number of primary amides is 1. The summed E-state index contributed by atoms with van der Waals surface area (Å²) in [6.07, 6.45) is -18.6. The molecule has 7 amide bonds. The van der Waals surface area contributed by atoms with Crippen LogP contribution >= 0.6 is 23.2 Å². The molecule has 0 radical (unpaired) electrons. The molecule has 33 nitrogen and oxygen atoms in total. The fourth-order valence-electron chi connectivity index (χ4n) is 12.5. The molecule has 7 aliphatic heterocycles. The lowest BCUT2D eigenvalue weighted by Crippen LogP contribution is -2.64. The number of aliphatic carboxylic acids is 1. The van der Waals surface area contributed by atoms with Gasteiger partial charge in [0.1, 0.15) is 89.5 Å². The lowest BCUT2D eigenvalue weighted by Gasteiger charge is -2.47. The number of carboxylic acid groups (broad SMARTS) is 1. The number of aromatic hydroxyl groups is 3. The molecule has 0 aliphatic carbocycles. The predicted octanol–water partition coefficient (Wildman–Crippen LogP) is 0.106.